The van der Waals surface area contributed by atoms with Crippen molar-refractivity contribution in [1.82, 2.24) is 9.88 Å². The molecule has 1 N–H and O–H groups in total. The third-order valence-corrected chi connectivity index (χ3v) is 3.90. The Morgan fingerprint density at radius 2 is 2.56 bits per heavy atom. The van der Waals surface area contributed by atoms with E-state index in [-0.39, 0.29) is 6.42 Å². The smallest absolute Gasteiger partial charge is 0.308 e. The standard InChI is InChI=1S/C11H16N2O2S/c1-13-3-2-8(7-13)4-10-12-6-9(16-10)5-11(14)15/h6,8H,2-5,7H2,1H3,(H,14,15). The molecule has 0 aromatic carbocycles. The summed E-state index contributed by atoms with van der Waals surface area (Å²) in [7, 11) is 2.14. The van der Waals surface area contributed by atoms with Crippen LogP contribution >= 0.6 is 11.3 Å². The second kappa shape index (κ2) is 4.93. The largest absolute Gasteiger partial charge is 0.481 e. The highest BCUT2D eigenvalue weighted by molar-refractivity contribution is 7.11. The van der Waals surface area contributed by atoms with Gasteiger partial charge < -0.3 is 10.0 Å². The first kappa shape index (κ1) is 11.5. The van der Waals surface area contributed by atoms with Crippen molar-refractivity contribution >= 4 is 17.3 Å². The van der Waals surface area contributed by atoms with E-state index in [2.05, 4.69) is 16.9 Å². The summed E-state index contributed by atoms with van der Waals surface area (Å²) in [5.74, 6) is -0.0929. The van der Waals surface area contributed by atoms with Gasteiger partial charge in [-0.05, 0) is 25.9 Å². The third kappa shape index (κ3) is 3.02. The molecule has 1 aliphatic heterocycles. The fourth-order valence-corrected chi connectivity index (χ4v) is 3.14. The Morgan fingerprint density at radius 1 is 1.75 bits per heavy atom. The van der Waals surface area contributed by atoms with Crippen molar-refractivity contribution in [2.75, 3.05) is 20.1 Å². The average Bonchev–Trinajstić information content (AvgIpc) is 2.76. The molecule has 0 spiro atoms. The van der Waals surface area contributed by atoms with Crippen LogP contribution in [0.1, 0.15) is 16.3 Å². The Hall–Kier alpha value is -0.940. The van der Waals surface area contributed by atoms with Gasteiger partial charge in [-0.25, -0.2) is 4.98 Å². The van der Waals surface area contributed by atoms with E-state index in [4.69, 9.17) is 5.11 Å². The minimum atomic E-state index is -0.782. The van der Waals surface area contributed by atoms with E-state index < -0.39 is 5.97 Å². The van der Waals surface area contributed by atoms with Gasteiger partial charge in [0.15, 0.2) is 0 Å². The molecule has 5 heteroatoms. The number of rotatable bonds is 4. The molecule has 1 saturated heterocycles. The van der Waals surface area contributed by atoms with Gasteiger partial charge in [-0.15, -0.1) is 11.3 Å². The molecular formula is C11H16N2O2S. The van der Waals surface area contributed by atoms with Crippen molar-refractivity contribution < 1.29 is 9.90 Å². The van der Waals surface area contributed by atoms with Gasteiger partial charge in [0.05, 0.1) is 11.4 Å². The van der Waals surface area contributed by atoms with Gasteiger partial charge in [0.1, 0.15) is 0 Å². The van der Waals surface area contributed by atoms with Crippen LogP contribution in [0.2, 0.25) is 0 Å². The lowest BCUT2D eigenvalue weighted by Gasteiger charge is -2.07. The molecule has 88 valence electrons. The van der Waals surface area contributed by atoms with Gasteiger partial charge in [-0.3, -0.25) is 4.79 Å². The van der Waals surface area contributed by atoms with Crippen molar-refractivity contribution in [3.8, 4) is 0 Å². The molecule has 16 heavy (non-hydrogen) atoms. The quantitative estimate of drug-likeness (QED) is 0.861. The zero-order valence-electron chi connectivity index (χ0n) is 9.35. The summed E-state index contributed by atoms with van der Waals surface area (Å²) in [6.45, 7) is 2.30. The fourth-order valence-electron chi connectivity index (χ4n) is 2.11. The van der Waals surface area contributed by atoms with E-state index >= 15 is 0 Å². The van der Waals surface area contributed by atoms with Crippen LogP contribution in [0.25, 0.3) is 0 Å². The van der Waals surface area contributed by atoms with Crippen LogP contribution in [0.5, 0.6) is 0 Å². The van der Waals surface area contributed by atoms with Gasteiger partial charge in [-0.2, -0.15) is 0 Å². The van der Waals surface area contributed by atoms with Gasteiger partial charge in [0, 0.05) is 24.0 Å². The summed E-state index contributed by atoms with van der Waals surface area (Å²) in [6.07, 6.45) is 4.02. The molecule has 1 fully saturated rings. The molecule has 1 unspecified atom stereocenters. The number of thiazole rings is 1. The first-order valence-electron chi connectivity index (χ1n) is 5.47. The monoisotopic (exact) mass is 240 g/mol. The number of nitrogens with zero attached hydrogens (tertiary/aromatic N) is 2. The summed E-state index contributed by atoms with van der Waals surface area (Å²) in [5, 5.41) is 9.75. The summed E-state index contributed by atoms with van der Waals surface area (Å²) in [5.41, 5.74) is 0. The molecule has 4 nitrogen and oxygen atoms in total. The first-order valence-corrected chi connectivity index (χ1v) is 6.29. The summed E-state index contributed by atoms with van der Waals surface area (Å²) in [6, 6.07) is 0. The normalized spacial score (nSPS) is 21.4. The fraction of sp³-hybridized carbons (Fsp3) is 0.636. The Bertz CT molecular complexity index is 378. The highest BCUT2D eigenvalue weighted by Gasteiger charge is 2.20. The highest BCUT2D eigenvalue weighted by atomic mass is 32.1. The number of carboxylic acid groups (broad SMARTS) is 1. The molecule has 1 atom stereocenters. The Labute approximate surface area is 98.9 Å². The molecular weight excluding hydrogens is 224 g/mol. The molecule has 2 heterocycles. The van der Waals surface area contributed by atoms with Crippen molar-refractivity contribution in [2.24, 2.45) is 5.92 Å². The summed E-state index contributed by atoms with van der Waals surface area (Å²) in [4.78, 5) is 18.0. The Balaban J connectivity index is 1.90. The van der Waals surface area contributed by atoms with Crippen molar-refractivity contribution in [1.29, 1.82) is 0 Å². The van der Waals surface area contributed by atoms with Gasteiger partial charge in [0.25, 0.3) is 0 Å². The van der Waals surface area contributed by atoms with E-state index in [0.29, 0.717) is 5.92 Å². The maximum atomic E-state index is 10.5. The van der Waals surface area contributed by atoms with E-state index in [0.717, 1.165) is 29.4 Å². The number of likely N-dealkylation sites (tertiary alicyclic amines) is 1. The highest BCUT2D eigenvalue weighted by Crippen LogP contribution is 2.22. The topological polar surface area (TPSA) is 53.4 Å². The predicted molar refractivity (Wildman–Crippen MR) is 62.8 cm³/mol. The third-order valence-electron chi connectivity index (χ3n) is 2.88. The van der Waals surface area contributed by atoms with Gasteiger partial charge >= 0.3 is 5.97 Å². The Kier molecular flexibility index (Phi) is 3.56. The second-order valence-electron chi connectivity index (χ2n) is 4.41. The predicted octanol–water partition coefficient (Wildman–Crippen LogP) is 1.26. The minimum Gasteiger partial charge on any atom is -0.481 e. The van der Waals surface area contributed by atoms with Crippen molar-refractivity contribution in [2.45, 2.75) is 19.3 Å². The number of carboxylic acids is 1. The average molecular weight is 240 g/mol. The van der Waals surface area contributed by atoms with Crippen LogP contribution in [0.15, 0.2) is 6.20 Å². The zero-order valence-corrected chi connectivity index (χ0v) is 10.2. The van der Waals surface area contributed by atoms with Crippen LogP contribution in [0, 0.1) is 5.92 Å². The lowest BCUT2D eigenvalue weighted by molar-refractivity contribution is -0.136. The number of aliphatic carboxylic acids is 1. The molecule has 0 aliphatic carbocycles. The van der Waals surface area contributed by atoms with Gasteiger partial charge in [-0.1, -0.05) is 0 Å². The molecule has 1 aromatic rings. The van der Waals surface area contributed by atoms with Crippen LogP contribution < -0.4 is 0 Å². The molecule has 0 saturated carbocycles. The maximum Gasteiger partial charge on any atom is 0.308 e. The molecule has 0 amide bonds. The first-order chi connectivity index (χ1) is 7.63. The second-order valence-corrected chi connectivity index (χ2v) is 5.61. The number of hydrogen-bond acceptors (Lipinski definition) is 4. The van der Waals surface area contributed by atoms with Gasteiger partial charge in [0.2, 0.25) is 0 Å². The van der Waals surface area contributed by atoms with Crippen LogP contribution in [0.3, 0.4) is 0 Å². The van der Waals surface area contributed by atoms with Crippen LogP contribution in [-0.4, -0.2) is 41.1 Å². The number of hydrogen-bond donors (Lipinski definition) is 1. The van der Waals surface area contributed by atoms with E-state index in [1.54, 1.807) is 6.20 Å². The molecule has 0 bridgehead atoms. The SMILES string of the molecule is CN1CCC(Cc2ncc(CC(=O)O)s2)C1. The Morgan fingerprint density at radius 3 is 3.19 bits per heavy atom. The lowest BCUT2D eigenvalue weighted by atomic mass is 10.1. The van der Waals surface area contributed by atoms with Crippen LogP contribution in [-0.2, 0) is 17.6 Å². The maximum absolute atomic E-state index is 10.5. The summed E-state index contributed by atoms with van der Waals surface area (Å²) < 4.78 is 0. The van der Waals surface area contributed by atoms with E-state index in [1.165, 1.54) is 17.8 Å². The lowest BCUT2D eigenvalue weighted by Crippen LogP contribution is -2.14. The summed E-state index contributed by atoms with van der Waals surface area (Å²) >= 11 is 1.54. The van der Waals surface area contributed by atoms with Crippen LogP contribution in [0.4, 0.5) is 0 Å². The zero-order chi connectivity index (χ0) is 11.5. The molecule has 1 aliphatic rings. The number of carbonyl (C=O) groups is 1. The molecule has 0 radical (unpaired) electrons. The van der Waals surface area contributed by atoms with Crippen molar-refractivity contribution in [3.05, 3.63) is 16.1 Å². The molecule has 1 aromatic heterocycles. The molecule has 2 rings (SSSR count). The minimum absolute atomic E-state index is 0.0994. The number of aromatic nitrogens is 1. The van der Waals surface area contributed by atoms with E-state index in [1.807, 2.05) is 0 Å². The van der Waals surface area contributed by atoms with Crippen molar-refractivity contribution in [3.63, 3.8) is 0 Å². The van der Waals surface area contributed by atoms with E-state index in [9.17, 15) is 4.79 Å².